The molecule has 2 aromatic rings. The van der Waals surface area contributed by atoms with Crippen molar-refractivity contribution in [2.75, 3.05) is 0 Å². The van der Waals surface area contributed by atoms with Gasteiger partial charge >= 0.3 is 0 Å². The molecule has 1 atom stereocenters. The molecule has 2 heterocycles. The second-order valence-electron chi connectivity index (χ2n) is 6.00. The fourth-order valence-electron chi connectivity index (χ4n) is 3.46. The molecule has 1 aromatic heterocycles. The first-order chi connectivity index (χ1) is 10.7. The van der Waals surface area contributed by atoms with Crippen molar-refractivity contribution >= 4 is 11.6 Å². The van der Waals surface area contributed by atoms with Gasteiger partial charge in [0.15, 0.2) is 0 Å². The summed E-state index contributed by atoms with van der Waals surface area (Å²) in [4.78, 5) is 16.1. The molecular weight excluding hydrogens is 276 g/mol. The fourth-order valence-corrected chi connectivity index (χ4v) is 3.46. The summed E-state index contributed by atoms with van der Waals surface area (Å²) >= 11 is 0. The van der Waals surface area contributed by atoms with E-state index < -0.39 is 0 Å². The van der Waals surface area contributed by atoms with Gasteiger partial charge in [-0.2, -0.15) is 5.10 Å². The summed E-state index contributed by atoms with van der Waals surface area (Å²) in [7, 11) is 0. The van der Waals surface area contributed by atoms with E-state index in [2.05, 4.69) is 51.4 Å². The molecule has 0 fully saturated rings. The summed E-state index contributed by atoms with van der Waals surface area (Å²) in [5.74, 6) is 1.32. The summed E-state index contributed by atoms with van der Waals surface area (Å²) in [6.07, 6.45) is 4.40. The third-order valence-corrected chi connectivity index (χ3v) is 4.44. The van der Waals surface area contributed by atoms with Crippen LogP contribution in [0.2, 0.25) is 0 Å². The lowest BCUT2D eigenvalue weighted by Crippen LogP contribution is -2.31. The molecule has 0 saturated heterocycles. The number of nitrogens with one attached hydrogen (secondary N) is 1. The normalized spacial score (nSPS) is 19.5. The average molecular weight is 294 g/mol. The van der Waals surface area contributed by atoms with Crippen LogP contribution in [-0.4, -0.2) is 21.2 Å². The van der Waals surface area contributed by atoms with Crippen LogP contribution in [0.5, 0.6) is 0 Å². The Morgan fingerprint density at radius 2 is 2.23 bits per heavy atom. The molecule has 0 spiro atoms. The number of aromatic nitrogens is 2. The zero-order valence-electron chi connectivity index (χ0n) is 12.8. The number of hydrogen-bond acceptors (Lipinski definition) is 3. The van der Waals surface area contributed by atoms with Gasteiger partial charge in [0.05, 0.1) is 11.4 Å². The molecule has 0 radical (unpaired) electrons. The Hall–Kier alpha value is -2.43. The molecule has 0 saturated carbocycles. The Balaban J connectivity index is 1.76. The molecular formula is C17H18N4O. The molecule has 112 valence electrons. The van der Waals surface area contributed by atoms with E-state index in [1.807, 2.05) is 6.92 Å². The van der Waals surface area contributed by atoms with Gasteiger partial charge in [0, 0.05) is 36.2 Å². The number of fused-ring (bicyclic) bond motifs is 3. The molecule has 1 aliphatic carbocycles. The Bertz CT molecular complexity index is 803. The van der Waals surface area contributed by atoms with Crippen molar-refractivity contribution in [2.24, 2.45) is 11.0 Å². The zero-order valence-corrected chi connectivity index (χ0v) is 12.8. The number of amides is 1. The SMILES string of the molecule is CCc1nc(C)cn1-c1ccc2c(c1)CC1CC(=O)NN=C21. The van der Waals surface area contributed by atoms with Crippen LogP contribution in [0.3, 0.4) is 0 Å². The van der Waals surface area contributed by atoms with Gasteiger partial charge in [-0.1, -0.05) is 13.0 Å². The van der Waals surface area contributed by atoms with Gasteiger partial charge < -0.3 is 4.57 Å². The molecule has 1 unspecified atom stereocenters. The number of rotatable bonds is 2. The predicted molar refractivity (Wildman–Crippen MR) is 84.2 cm³/mol. The van der Waals surface area contributed by atoms with Crippen LogP contribution in [0.15, 0.2) is 29.5 Å². The van der Waals surface area contributed by atoms with E-state index in [0.717, 1.165) is 35.8 Å². The standard InChI is InChI=1S/C17H18N4O/c1-3-15-18-10(2)9-21(15)13-4-5-14-11(7-13)6-12-8-16(22)19-20-17(12)14/h4-5,7,9,12H,3,6,8H2,1-2H3,(H,19,22). The molecule has 22 heavy (non-hydrogen) atoms. The van der Waals surface area contributed by atoms with E-state index in [-0.39, 0.29) is 11.8 Å². The highest BCUT2D eigenvalue weighted by Gasteiger charge is 2.33. The molecule has 4 rings (SSSR count). The lowest BCUT2D eigenvalue weighted by molar-refractivity contribution is -0.121. The van der Waals surface area contributed by atoms with E-state index in [4.69, 9.17) is 0 Å². The van der Waals surface area contributed by atoms with E-state index in [9.17, 15) is 4.79 Å². The van der Waals surface area contributed by atoms with E-state index in [1.165, 1.54) is 11.1 Å². The first-order valence-corrected chi connectivity index (χ1v) is 7.70. The number of hydrazone groups is 1. The summed E-state index contributed by atoms with van der Waals surface area (Å²) in [6, 6.07) is 6.44. The van der Waals surface area contributed by atoms with Crippen LogP contribution in [0.1, 0.15) is 36.0 Å². The molecule has 1 amide bonds. The maximum absolute atomic E-state index is 11.5. The smallest absolute Gasteiger partial charge is 0.240 e. The van der Waals surface area contributed by atoms with Gasteiger partial charge in [0.25, 0.3) is 0 Å². The van der Waals surface area contributed by atoms with Crippen LogP contribution in [0.4, 0.5) is 0 Å². The molecule has 1 N–H and O–H groups in total. The largest absolute Gasteiger partial charge is 0.303 e. The van der Waals surface area contributed by atoms with E-state index in [0.29, 0.717) is 6.42 Å². The summed E-state index contributed by atoms with van der Waals surface area (Å²) < 4.78 is 2.16. The minimum absolute atomic E-state index is 0.0142. The number of aryl methyl sites for hydroxylation is 2. The molecule has 0 bridgehead atoms. The fraction of sp³-hybridized carbons (Fsp3) is 0.353. The summed E-state index contributed by atoms with van der Waals surface area (Å²) in [6.45, 7) is 4.13. The van der Waals surface area contributed by atoms with Gasteiger partial charge in [0.2, 0.25) is 5.91 Å². The Labute approximate surface area is 129 Å². The molecule has 1 aromatic carbocycles. The topological polar surface area (TPSA) is 59.3 Å². The second-order valence-corrected chi connectivity index (χ2v) is 6.00. The van der Waals surface area contributed by atoms with Crippen molar-refractivity contribution in [1.82, 2.24) is 15.0 Å². The van der Waals surface area contributed by atoms with Gasteiger partial charge in [-0.15, -0.1) is 0 Å². The number of imidazole rings is 1. The number of benzene rings is 1. The highest BCUT2D eigenvalue weighted by molar-refractivity contribution is 6.09. The minimum Gasteiger partial charge on any atom is -0.303 e. The van der Waals surface area contributed by atoms with Crippen molar-refractivity contribution in [1.29, 1.82) is 0 Å². The second kappa shape index (κ2) is 4.80. The van der Waals surface area contributed by atoms with Crippen LogP contribution in [0.25, 0.3) is 5.69 Å². The van der Waals surface area contributed by atoms with Crippen molar-refractivity contribution in [2.45, 2.75) is 33.1 Å². The van der Waals surface area contributed by atoms with Crippen LogP contribution in [-0.2, 0) is 17.6 Å². The van der Waals surface area contributed by atoms with Gasteiger partial charge in [-0.05, 0) is 31.0 Å². The van der Waals surface area contributed by atoms with E-state index in [1.54, 1.807) is 0 Å². The highest BCUT2D eigenvalue weighted by Crippen LogP contribution is 2.32. The summed E-state index contributed by atoms with van der Waals surface area (Å²) in [5, 5.41) is 4.25. The average Bonchev–Trinajstić information content (AvgIpc) is 3.05. The van der Waals surface area contributed by atoms with Crippen LogP contribution >= 0.6 is 0 Å². The Morgan fingerprint density at radius 3 is 3.05 bits per heavy atom. The van der Waals surface area contributed by atoms with Gasteiger partial charge in [-0.3, -0.25) is 4.79 Å². The molecule has 2 aliphatic rings. The van der Waals surface area contributed by atoms with Crippen LogP contribution < -0.4 is 5.43 Å². The summed E-state index contributed by atoms with van der Waals surface area (Å²) in [5.41, 5.74) is 8.23. The first kappa shape index (κ1) is 13.2. The zero-order chi connectivity index (χ0) is 15.3. The molecule has 5 nitrogen and oxygen atoms in total. The van der Waals surface area contributed by atoms with Gasteiger partial charge in [0.1, 0.15) is 5.82 Å². The third kappa shape index (κ3) is 1.96. The Kier molecular flexibility index (Phi) is 2.89. The third-order valence-electron chi connectivity index (χ3n) is 4.44. The highest BCUT2D eigenvalue weighted by atomic mass is 16.2. The van der Waals surface area contributed by atoms with Crippen molar-refractivity contribution in [3.63, 3.8) is 0 Å². The maximum atomic E-state index is 11.5. The first-order valence-electron chi connectivity index (χ1n) is 7.70. The molecule has 5 heteroatoms. The van der Waals surface area contributed by atoms with Crippen LogP contribution in [0, 0.1) is 12.8 Å². The predicted octanol–water partition coefficient (Wildman–Crippen LogP) is 2.14. The van der Waals surface area contributed by atoms with E-state index >= 15 is 0 Å². The monoisotopic (exact) mass is 294 g/mol. The quantitative estimate of drug-likeness (QED) is 0.922. The maximum Gasteiger partial charge on any atom is 0.240 e. The molecule has 1 aliphatic heterocycles. The number of carbonyl (C=O) groups is 1. The number of carbonyl (C=O) groups excluding carboxylic acids is 1. The lowest BCUT2D eigenvalue weighted by Gasteiger charge is -2.15. The van der Waals surface area contributed by atoms with Crippen molar-refractivity contribution in [3.05, 3.63) is 47.0 Å². The van der Waals surface area contributed by atoms with Crippen molar-refractivity contribution in [3.8, 4) is 5.69 Å². The minimum atomic E-state index is 0.0142. The van der Waals surface area contributed by atoms with Crippen molar-refractivity contribution < 1.29 is 4.79 Å². The Morgan fingerprint density at radius 1 is 1.36 bits per heavy atom. The number of hydrogen-bond donors (Lipinski definition) is 1. The lowest BCUT2D eigenvalue weighted by atomic mass is 9.99. The number of nitrogens with zero attached hydrogens (tertiary/aromatic N) is 3. The van der Waals surface area contributed by atoms with Gasteiger partial charge in [-0.25, -0.2) is 10.4 Å².